The summed E-state index contributed by atoms with van der Waals surface area (Å²) in [7, 11) is 0.400. The van der Waals surface area contributed by atoms with Crippen molar-refractivity contribution in [1.82, 2.24) is 9.55 Å². The summed E-state index contributed by atoms with van der Waals surface area (Å²) in [5.74, 6) is 0. The molecular formula is C29H29BN2O2. The van der Waals surface area contributed by atoms with Crippen LogP contribution in [0.1, 0.15) is 27.7 Å². The number of rotatable bonds is 6. The van der Waals surface area contributed by atoms with Crippen LogP contribution in [0.25, 0.3) is 38.8 Å². The first-order valence-corrected chi connectivity index (χ1v) is 11.6. The Morgan fingerprint density at radius 2 is 1.35 bits per heavy atom. The molecule has 5 rings (SSSR count). The molecule has 34 heavy (non-hydrogen) atoms. The summed E-state index contributed by atoms with van der Waals surface area (Å²) in [5.41, 5.74) is 4.89. The third-order valence-corrected chi connectivity index (χ3v) is 6.90. The number of para-hydroxylation sites is 2. The van der Waals surface area contributed by atoms with E-state index >= 15 is 0 Å². The van der Waals surface area contributed by atoms with E-state index in [1.165, 1.54) is 21.8 Å². The SMILES string of the molecule is CC(C)(O)C(C)(C)OBc1ccc(-c2ccc(-n3c4ccccc4c4ccccc43)cc2)nc1. The van der Waals surface area contributed by atoms with Gasteiger partial charge in [0.25, 0.3) is 0 Å². The summed E-state index contributed by atoms with van der Waals surface area (Å²) < 4.78 is 8.27. The molecule has 2 aromatic heterocycles. The van der Waals surface area contributed by atoms with Crippen LogP contribution < -0.4 is 5.46 Å². The summed E-state index contributed by atoms with van der Waals surface area (Å²) in [4.78, 5) is 4.65. The van der Waals surface area contributed by atoms with Crippen molar-refractivity contribution in [2.45, 2.75) is 38.9 Å². The van der Waals surface area contributed by atoms with Gasteiger partial charge in [0.1, 0.15) is 0 Å². The van der Waals surface area contributed by atoms with Gasteiger partial charge in [-0.3, -0.25) is 4.98 Å². The monoisotopic (exact) mass is 448 g/mol. The fourth-order valence-corrected chi connectivity index (χ4v) is 4.10. The minimum Gasteiger partial charge on any atom is -0.427 e. The summed E-state index contributed by atoms with van der Waals surface area (Å²) in [6.45, 7) is 7.32. The molecule has 0 saturated carbocycles. The Morgan fingerprint density at radius 3 is 1.88 bits per heavy atom. The molecular weight excluding hydrogens is 419 g/mol. The molecule has 170 valence electrons. The van der Waals surface area contributed by atoms with E-state index in [9.17, 15) is 5.11 Å². The van der Waals surface area contributed by atoms with E-state index in [1.807, 2.05) is 32.2 Å². The summed E-state index contributed by atoms with van der Waals surface area (Å²) >= 11 is 0. The summed E-state index contributed by atoms with van der Waals surface area (Å²) in [6, 6.07) is 29.7. The predicted octanol–water partition coefficient (Wildman–Crippen LogP) is 5.39. The van der Waals surface area contributed by atoms with Gasteiger partial charge in [0.2, 0.25) is 0 Å². The van der Waals surface area contributed by atoms with Gasteiger partial charge >= 0.3 is 7.48 Å². The average Bonchev–Trinajstić information content (AvgIpc) is 3.17. The minimum atomic E-state index is -0.932. The molecule has 2 heterocycles. The van der Waals surface area contributed by atoms with Crippen molar-refractivity contribution in [3.05, 3.63) is 91.1 Å². The van der Waals surface area contributed by atoms with Crippen LogP contribution >= 0.6 is 0 Å². The highest BCUT2D eigenvalue weighted by Gasteiger charge is 2.35. The first kappa shape index (κ1) is 22.4. The maximum Gasteiger partial charge on any atom is 0.311 e. The molecule has 0 aliphatic heterocycles. The maximum atomic E-state index is 10.3. The first-order valence-electron chi connectivity index (χ1n) is 11.6. The van der Waals surface area contributed by atoms with Gasteiger partial charge in [0.05, 0.1) is 27.9 Å². The second kappa shape index (κ2) is 8.42. The molecule has 5 aromatic rings. The second-order valence-corrected chi connectivity index (χ2v) is 9.83. The van der Waals surface area contributed by atoms with Gasteiger partial charge in [-0.25, -0.2) is 0 Å². The molecule has 0 spiro atoms. The fourth-order valence-electron chi connectivity index (χ4n) is 4.10. The van der Waals surface area contributed by atoms with E-state index in [-0.39, 0.29) is 0 Å². The van der Waals surface area contributed by atoms with Crippen molar-refractivity contribution in [2.24, 2.45) is 0 Å². The van der Waals surface area contributed by atoms with Gasteiger partial charge < -0.3 is 14.3 Å². The van der Waals surface area contributed by atoms with Crippen LogP contribution in [-0.2, 0) is 4.65 Å². The largest absolute Gasteiger partial charge is 0.427 e. The summed E-state index contributed by atoms with van der Waals surface area (Å²) in [6.07, 6.45) is 1.84. The number of hydrogen-bond acceptors (Lipinski definition) is 3. The number of nitrogens with zero attached hydrogens (tertiary/aromatic N) is 2. The highest BCUT2D eigenvalue weighted by Crippen LogP contribution is 2.32. The van der Waals surface area contributed by atoms with Crippen molar-refractivity contribution in [3.63, 3.8) is 0 Å². The van der Waals surface area contributed by atoms with Crippen LogP contribution in [0.15, 0.2) is 91.1 Å². The lowest BCUT2D eigenvalue weighted by Gasteiger charge is -2.37. The van der Waals surface area contributed by atoms with Crippen LogP contribution in [-0.4, -0.2) is 33.3 Å². The molecule has 3 aromatic carbocycles. The van der Waals surface area contributed by atoms with Crippen molar-refractivity contribution in [3.8, 4) is 16.9 Å². The molecule has 0 amide bonds. The van der Waals surface area contributed by atoms with E-state index in [1.54, 1.807) is 13.8 Å². The Balaban J connectivity index is 1.40. The van der Waals surface area contributed by atoms with Crippen LogP contribution in [0.4, 0.5) is 0 Å². The smallest absolute Gasteiger partial charge is 0.311 e. The Bertz CT molecular complexity index is 1390. The highest BCUT2D eigenvalue weighted by atomic mass is 16.5. The number of hydrogen-bond donors (Lipinski definition) is 1. The molecule has 0 atom stereocenters. The lowest BCUT2D eigenvalue weighted by atomic mass is 9.83. The van der Waals surface area contributed by atoms with E-state index in [0.717, 1.165) is 22.4 Å². The first-order chi connectivity index (χ1) is 16.2. The van der Waals surface area contributed by atoms with Crippen molar-refractivity contribution >= 4 is 34.8 Å². The standard InChI is InChI=1S/C29H29BN2O2/c1-28(2,33)29(3,4)34-30-21-15-18-25(31-19-21)20-13-16-22(17-14-20)32-26-11-7-5-9-23(26)24-10-6-8-12-27(24)32/h5-19,30,33H,1-4H3. The molecule has 0 unspecified atom stereocenters. The maximum absolute atomic E-state index is 10.3. The minimum absolute atomic E-state index is 0.400. The fraction of sp³-hybridized carbons (Fsp3) is 0.207. The molecule has 0 radical (unpaired) electrons. The molecule has 0 saturated heterocycles. The topological polar surface area (TPSA) is 47.3 Å². The Hall–Kier alpha value is -3.41. The Morgan fingerprint density at radius 1 is 0.765 bits per heavy atom. The zero-order chi connectivity index (χ0) is 23.9. The van der Waals surface area contributed by atoms with E-state index < -0.39 is 11.2 Å². The summed E-state index contributed by atoms with van der Waals surface area (Å²) in [5, 5.41) is 12.8. The van der Waals surface area contributed by atoms with Gasteiger partial charge in [-0.15, -0.1) is 0 Å². The van der Waals surface area contributed by atoms with Crippen molar-refractivity contribution in [1.29, 1.82) is 0 Å². The van der Waals surface area contributed by atoms with Crippen LogP contribution in [0.2, 0.25) is 0 Å². The van der Waals surface area contributed by atoms with Gasteiger partial charge in [0.15, 0.2) is 0 Å². The number of fused-ring (bicyclic) bond motifs is 3. The van der Waals surface area contributed by atoms with Crippen molar-refractivity contribution in [2.75, 3.05) is 0 Å². The van der Waals surface area contributed by atoms with Gasteiger partial charge in [0, 0.05) is 28.2 Å². The molecule has 0 fully saturated rings. The van der Waals surface area contributed by atoms with Gasteiger partial charge in [-0.05, 0) is 63.5 Å². The molecule has 0 bridgehead atoms. The molecule has 0 aliphatic carbocycles. The quantitative estimate of drug-likeness (QED) is 0.355. The Labute approximate surface area is 201 Å². The van der Waals surface area contributed by atoms with E-state index in [4.69, 9.17) is 4.65 Å². The number of pyridine rings is 1. The Kier molecular flexibility index (Phi) is 5.55. The number of aliphatic hydroxyl groups is 1. The molecule has 1 N–H and O–H groups in total. The average molecular weight is 448 g/mol. The van der Waals surface area contributed by atoms with Crippen LogP contribution in [0.5, 0.6) is 0 Å². The predicted molar refractivity (Wildman–Crippen MR) is 142 cm³/mol. The lowest BCUT2D eigenvalue weighted by Crippen LogP contribution is -2.49. The highest BCUT2D eigenvalue weighted by molar-refractivity contribution is 6.46. The third-order valence-electron chi connectivity index (χ3n) is 6.90. The van der Waals surface area contributed by atoms with Gasteiger partial charge in [-0.2, -0.15) is 0 Å². The molecule has 4 nitrogen and oxygen atoms in total. The zero-order valence-corrected chi connectivity index (χ0v) is 20.1. The van der Waals surface area contributed by atoms with E-state index in [2.05, 4.69) is 82.3 Å². The lowest BCUT2D eigenvalue weighted by molar-refractivity contribution is -0.0893. The third kappa shape index (κ3) is 4.02. The molecule has 0 aliphatic rings. The van der Waals surface area contributed by atoms with Crippen molar-refractivity contribution < 1.29 is 9.76 Å². The number of benzene rings is 3. The number of aromatic nitrogens is 2. The van der Waals surface area contributed by atoms with Crippen LogP contribution in [0, 0.1) is 0 Å². The second-order valence-electron chi connectivity index (χ2n) is 9.83. The van der Waals surface area contributed by atoms with Gasteiger partial charge in [-0.1, -0.05) is 54.6 Å². The zero-order valence-electron chi connectivity index (χ0n) is 20.1. The van der Waals surface area contributed by atoms with Crippen LogP contribution in [0.3, 0.4) is 0 Å². The molecule has 5 heteroatoms. The van der Waals surface area contributed by atoms with E-state index in [0.29, 0.717) is 7.48 Å². The normalized spacial score (nSPS) is 12.4.